The van der Waals surface area contributed by atoms with E-state index in [9.17, 15) is 4.79 Å². The summed E-state index contributed by atoms with van der Waals surface area (Å²) >= 11 is 0. The molecule has 1 aromatic rings. The van der Waals surface area contributed by atoms with Gasteiger partial charge in [0.25, 0.3) is 0 Å². The predicted molar refractivity (Wildman–Crippen MR) is 57.6 cm³/mol. The quantitative estimate of drug-likeness (QED) is 0.428. The van der Waals surface area contributed by atoms with Crippen molar-refractivity contribution in [2.75, 3.05) is 14.2 Å². The van der Waals surface area contributed by atoms with Gasteiger partial charge in [-0.1, -0.05) is 6.58 Å². The Hall–Kier alpha value is -1.99. The van der Waals surface area contributed by atoms with Gasteiger partial charge in [-0.2, -0.15) is 0 Å². The van der Waals surface area contributed by atoms with E-state index in [2.05, 4.69) is 12.3 Å². The highest BCUT2D eigenvalue weighted by Gasteiger charge is 2.10. The first kappa shape index (κ1) is 11.1. The van der Waals surface area contributed by atoms with Gasteiger partial charge < -0.3 is 9.47 Å². The maximum atomic E-state index is 11.6. The summed E-state index contributed by atoms with van der Waals surface area (Å²) in [5.41, 5.74) is 2.87. The van der Waals surface area contributed by atoms with Gasteiger partial charge >= 0.3 is 0 Å². The highest BCUT2D eigenvalue weighted by Crippen LogP contribution is 2.24. The molecule has 3 heteroatoms. The van der Waals surface area contributed by atoms with Gasteiger partial charge in [0.2, 0.25) is 0 Å². The van der Waals surface area contributed by atoms with Crippen molar-refractivity contribution >= 4 is 5.78 Å². The standard InChI is InChI=1S/C12H12O3/c1-4-5-11(13)10-8-9(14-2)6-7-12(10)15-3/h5-8H,1H2,2-3H3. The van der Waals surface area contributed by atoms with Crippen LogP contribution in [0, 0.1) is 0 Å². The van der Waals surface area contributed by atoms with Crippen LogP contribution in [0.3, 0.4) is 0 Å². The first-order valence-electron chi connectivity index (χ1n) is 4.35. The van der Waals surface area contributed by atoms with Gasteiger partial charge in [0, 0.05) is 6.08 Å². The second-order valence-electron chi connectivity index (χ2n) is 2.78. The molecule has 15 heavy (non-hydrogen) atoms. The average molecular weight is 204 g/mol. The molecular weight excluding hydrogens is 192 g/mol. The number of ketones is 1. The molecule has 1 rings (SSSR count). The monoisotopic (exact) mass is 204 g/mol. The van der Waals surface area contributed by atoms with E-state index in [0.29, 0.717) is 17.1 Å². The summed E-state index contributed by atoms with van der Waals surface area (Å²) in [6, 6.07) is 5.03. The van der Waals surface area contributed by atoms with Crippen LogP contribution < -0.4 is 9.47 Å². The van der Waals surface area contributed by atoms with Crippen molar-refractivity contribution in [1.82, 2.24) is 0 Å². The van der Waals surface area contributed by atoms with E-state index >= 15 is 0 Å². The molecule has 0 bridgehead atoms. The third-order valence-electron chi connectivity index (χ3n) is 1.91. The lowest BCUT2D eigenvalue weighted by Gasteiger charge is -2.07. The molecular formula is C12H12O3. The first-order valence-corrected chi connectivity index (χ1v) is 4.35. The number of ether oxygens (including phenoxy) is 2. The van der Waals surface area contributed by atoms with Crippen molar-refractivity contribution in [3.05, 3.63) is 42.1 Å². The molecule has 0 radical (unpaired) electrons. The zero-order valence-electron chi connectivity index (χ0n) is 8.74. The minimum absolute atomic E-state index is 0.208. The molecule has 1 aromatic carbocycles. The Labute approximate surface area is 88.6 Å². The van der Waals surface area contributed by atoms with Gasteiger partial charge in [-0.25, -0.2) is 0 Å². The highest BCUT2D eigenvalue weighted by molar-refractivity contribution is 6.06. The van der Waals surface area contributed by atoms with Crippen LogP contribution in [0.25, 0.3) is 0 Å². The van der Waals surface area contributed by atoms with Crippen LogP contribution in [0.2, 0.25) is 0 Å². The van der Waals surface area contributed by atoms with Crippen molar-refractivity contribution < 1.29 is 14.3 Å². The molecule has 0 N–H and O–H groups in total. The summed E-state index contributed by atoms with van der Waals surface area (Å²) in [5, 5.41) is 0. The normalized spacial score (nSPS) is 8.93. The Morgan fingerprint density at radius 2 is 2.13 bits per heavy atom. The Kier molecular flexibility index (Phi) is 3.72. The van der Waals surface area contributed by atoms with Crippen molar-refractivity contribution in [3.8, 4) is 11.5 Å². The lowest BCUT2D eigenvalue weighted by Crippen LogP contribution is -1.99. The Morgan fingerprint density at radius 3 is 2.67 bits per heavy atom. The van der Waals surface area contributed by atoms with E-state index in [-0.39, 0.29) is 5.78 Å². The minimum Gasteiger partial charge on any atom is -0.497 e. The second kappa shape index (κ2) is 5.03. The maximum absolute atomic E-state index is 11.6. The molecule has 0 saturated heterocycles. The van der Waals surface area contributed by atoms with Gasteiger partial charge in [0.15, 0.2) is 5.78 Å². The molecule has 78 valence electrons. The minimum atomic E-state index is -0.208. The van der Waals surface area contributed by atoms with Crippen LogP contribution in [0.4, 0.5) is 0 Å². The van der Waals surface area contributed by atoms with E-state index in [0.717, 1.165) is 0 Å². The third kappa shape index (κ3) is 2.48. The van der Waals surface area contributed by atoms with Gasteiger partial charge in [-0.15, -0.1) is 5.73 Å². The van der Waals surface area contributed by atoms with Crippen LogP contribution in [-0.2, 0) is 0 Å². The average Bonchev–Trinajstić information content (AvgIpc) is 2.28. The van der Waals surface area contributed by atoms with Crippen LogP contribution in [0.1, 0.15) is 10.4 Å². The lowest BCUT2D eigenvalue weighted by molar-refractivity contribution is 0.104. The molecule has 0 aliphatic heterocycles. The molecule has 0 saturated carbocycles. The van der Waals surface area contributed by atoms with Crippen molar-refractivity contribution in [2.45, 2.75) is 0 Å². The summed E-state index contributed by atoms with van der Waals surface area (Å²) in [7, 11) is 3.05. The molecule has 0 amide bonds. The van der Waals surface area contributed by atoms with E-state index < -0.39 is 0 Å². The highest BCUT2D eigenvalue weighted by atomic mass is 16.5. The van der Waals surface area contributed by atoms with Crippen LogP contribution in [-0.4, -0.2) is 20.0 Å². The molecule has 0 atom stereocenters. The van der Waals surface area contributed by atoms with Gasteiger partial charge in [-0.3, -0.25) is 4.79 Å². The largest absolute Gasteiger partial charge is 0.497 e. The Bertz CT molecular complexity index is 415. The van der Waals surface area contributed by atoms with Crippen LogP contribution >= 0.6 is 0 Å². The lowest BCUT2D eigenvalue weighted by atomic mass is 10.1. The topological polar surface area (TPSA) is 35.5 Å². The number of allylic oxidation sites excluding steroid dienone is 1. The third-order valence-corrected chi connectivity index (χ3v) is 1.91. The van der Waals surface area contributed by atoms with Gasteiger partial charge in [0.1, 0.15) is 11.5 Å². The molecule has 0 unspecified atom stereocenters. The van der Waals surface area contributed by atoms with Crippen molar-refractivity contribution in [1.29, 1.82) is 0 Å². The number of hydrogen-bond donors (Lipinski definition) is 0. The molecule has 0 fully saturated rings. The summed E-state index contributed by atoms with van der Waals surface area (Å²) in [6.45, 7) is 3.35. The molecule has 0 spiro atoms. The zero-order chi connectivity index (χ0) is 11.3. The Morgan fingerprint density at radius 1 is 1.40 bits per heavy atom. The fourth-order valence-electron chi connectivity index (χ4n) is 1.18. The summed E-state index contributed by atoms with van der Waals surface area (Å²) < 4.78 is 10.1. The molecule has 0 heterocycles. The number of rotatable bonds is 4. The molecule has 0 aliphatic carbocycles. The number of carbonyl (C=O) groups is 1. The van der Waals surface area contributed by atoms with Gasteiger partial charge in [0.05, 0.1) is 19.8 Å². The van der Waals surface area contributed by atoms with Crippen molar-refractivity contribution in [3.63, 3.8) is 0 Å². The Balaban J connectivity index is 3.22. The zero-order valence-corrected chi connectivity index (χ0v) is 8.74. The predicted octanol–water partition coefficient (Wildman–Crippen LogP) is 2.23. The fourth-order valence-corrected chi connectivity index (χ4v) is 1.18. The summed E-state index contributed by atoms with van der Waals surface area (Å²) in [4.78, 5) is 11.6. The fraction of sp³-hybridized carbons (Fsp3) is 0.167. The maximum Gasteiger partial charge on any atom is 0.197 e. The van der Waals surface area contributed by atoms with Crippen LogP contribution in [0.15, 0.2) is 36.6 Å². The first-order chi connectivity index (χ1) is 7.22. The smallest absolute Gasteiger partial charge is 0.197 e. The molecule has 0 aliphatic rings. The van der Waals surface area contributed by atoms with E-state index in [1.54, 1.807) is 25.3 Å². The number of carbonyl (C=O) groups excluding carboxylic acids is 1. The van der Waals surface area contributed by atoms with E-state index in [4.69, 9.17) is 9.47 Å². The summed E-state index contributed by atoms with van der Waals surface area (Å²) in [6.07, 6.45) is 1.26. The number of hydrogen-bond acceptors (Lipinski definition) is 3. The van der Waals surface area contributed by atoms with E-state index in [1.807, 2.05) is 0 Å². The second-order valence-corrected chi connectivity index (χ2v) is 2.78. The molecule has 0 aromatic heterocycles. The van der Waals surface area contributed by atoms with E-state index in [1.165, 1.54) is 13.2 Å². The van der Waals surface area contributed by atoms with Crippen LogP contribution in [0.5, 0.6) is 11.5 Å². The summed E-state index contributed by atoms with van der Waals surface area (Å²) in [5.74, 6) is 0.907. The van der Waals surface area contributed by atoms with Gasteiger partial charge in [-0.05, 0) is 18.2 Å². The number of benzene rings is 1. The molecule has 3 nitrogen and oxygen atoms in total. The SMILES string of the molecule is C=C=CC(=O)c1cc(OC)ccc1OC. The van der Waals surface area contributed by atoms with Crippen molar-refractivity contribution in [2.24, 2.45) is 0 Å². The number of methoxy groups -OCH3 is 2.